The van der Waals surface area contributed by atoms with Gasteiger partial charge in [0.1, 0.15) is 5.41 Å². The first-order valence-electron chi connectivity index (χ1n) is 6.57. The van der Waals surface area contributed by atoms with Gasteiger partial charge in [0.25, 0.3) is 0 Å². The molecule has 1 N–H and O–H groups in total. The fraction of sp³-hybridized carbons (Fsp3) is 0.846. The van der Waals surface area contributed by atoms with Gasteiger partial charge in [-0.15, -0.1) is 0 Å². The van der Waals surface area contributed by atoms with Crippen LogP contribution in [0.5, 0.6) is 0 Å². The lowest BCUT2D eigenvalue weighted by molar-refractivity contribution is -0.130. The second kappa shape index (κ2) is 5.77. The van der Waals surface area contributed by atoms with E-state index in [1.54, 1.807) is 0 Å². The van der Waals surface area contributed by atoms with Crippen molar-refractivity contribution in [2.24, 2.45) is 5.41 Å². The normalized spacial score (nSPS) is 24.9. The SMILES string of the molecule is N#CC1(C(=O)NC2CCSCC2)CCCCC1. The van der Waals surface area contributed by atoms with E-state index in [4.69, 9.17) is 0 Å². The van der Waals surface area contributed by atoms with Gasteiger partial charge in [-0.25, -0.2) is 0 Å². The van der Waals surface area contributed by atoms with Gasteiger partial charge in [-0.3, -0.25) is 4.79 Å². The zero-order valence-corrected chi connectivity index (χ0v) is 11.0. The fourth-order valence-corrected chi connectivity index (χ4v) is 3.82. The first kappa shape index (κ1) is 12.8. The Morgan fingerprint density at radius 1 is 1.24 bits per heavy atom. The van der Waals surface area contributed by atoms with Crippen molar-refractivity contribution in [3.05, 3.63) is 0 Å². The van der Waals surface area contributed by atoms with Gasteiger partial charge < -0.3 is 5.32 Å². The molecule has 0 atom stereocenters. The van der Waals surface area contributed by atoms with E-state index in [1.165, 1.54) is 0 Å². The predicted molar refractivity (Wildman–Crippen MR) is 69.6 cm³/mol. The molecular formula is C13H20N2OS. The molecule has 0 aromatic carbocycles. The number of nitrogens with one attached hydrogen (secondary N) is 1. The second-order valence-electron chi connectivity index (χ2n) is 5.11. The Morgan fingerprint density at radius 3 is 2.47 bits per heavy atom. The van der Waals surface area contributed by atoms with Gasteiger partial charge in [0.15, 0.2) is 0 Å². The van der Waals surface area contributed by atoms with E-state index in [9.17, 15) is 10.1 Å². The summed E-state index contributed by atoms with van der Waals surface area (Å²) in [5.41, 5.74) is -0.719. The Bertz CT molecular complexity index is 312. The minimum atomic E-state index is -0.719. The molecule has 0 radical (unpaired) electrons. The highest BCUT2D eigenvalue weighted by Gasteiger charge is 2.40. The van der Waals surface area contributed by atoms with E-state index in [2.05, 4.69) is 11.4 Å². The summed E-state index contributed by atoms with van der Waals surface area (Å²) in [6.07, 6.45) is 6.79. The van der Waals surface area contributed by atoms with Gasteiger partial charge in [0.2, 0.25) is 5.91 Å². The summed E-state index contributed by atoms with van der Waals surface area (Å²) in [5.74, 6) is 2.26. The van der Waals surface area contributed by atoms with E-state index in [0.717, 1.165) is 56.5 Å². The van der Waals surface area contributed by atoms with Crippen LogP contribution in [0.4, 0.5) is 0 Å². The average molecular weight is 252 g/mol. The van der Waals surface area contributed by atoms with E-state index in [1.807, 2.05) is 11.8 Å². The number of hydrogen-bond donors (Lipinski definition) is 1. The second-order valence-corrected chi connectivity index (χ2v) is 6.34. The third-order valence-electron chi connectivity index (χ3n) is 3.91. The number of thioether (sulfide) groups is 1. The molecule has 4 heteroatoms. The summed E-state index contributed by atoms with van der Waals surface area (Å²) in [7, 11) is 0. The number of nitriles is 1. The van der Waals surface area contributed by atoms with Crippen molar-refractivity contribution in [3.63, 3.8) is 0 Å². The van der Waals surface area contributed by atoms with Gasteiger partial charge >= 0.3 is 0 Å². The van der Waals surface area contributed by atoms with Crippen LogP contribution in [0.3, 0.4) is 0 Å². The molecule has 2 rings (SSSR count). The van der Waals surface area contributed by atoms with Crippen LogP contribution in [0.25, 0.3) is 0 Å². The molecule has 2 aliphatic rings. The first-order chi connectivity index (χ1) is 8.27. The number of amides is 1. The topological polar surface area (TPSA) is 52.9 Å². The predicted octanol–water partition coefficient (Wildman–Crippen LogP) is 2.47. The minimum Gasteiger partial charge on any atom is -0.352 e. The number of carbonyl (C=O) groups excluding carboxylic acids is 1. The molecule has 0 bridgehead atoms. The first-order valence-corrected chi connectivity index (χ1v) is 7.72. The standard InChI is InChI=1S/C13H20N2OS/c14-10-13(6-2-1-3-7-13)12(16)15-11-4-8-17-9-5-11/h11H,1-9H2,(H,15,16). The van der Waals surface area contributed by atoms with Crippen LogP contribution in [0, 0.1) is 16.7 Å². The summed E-state index contributed by atoms with van der Waals surface area (Å²) in [6.45, 7) is 0. The van der Waals surface area contributed by atoms with Crippen molar-refractivity contribution in [3.8, 4) is 6.07 Å². The Hall–Kier alpha value is -0.690. The van der Waals surface area contributed by atoms with Crippen molar-refractivity contribution in [2.45, 2.75) is 51.0 Å². The van der Waals surface area contributed by atoms with E-state index < -0.39 is 5.41 Å². The van der Waals surface area contributed by atoms with Gasteiger partial charge in [-0.05, 0) is 37.2 Å². The van der Waals surface area contributed by atoms with Gasteiger partial charge in [0, 0.05) is 6.04 Å². The van der Waals surface area contributed by atoms with E-state index >= 15 is 0 Å². The van der Waals surface area contributed by atoms with Gasteiger partial charge in [-0.1, -0.05) is 19.3 Å². The third-order valence-corrected chi connectivity index (χ3v) is 4.96. The van der Waals surface area contributed by atoms with Crippen LogP contribution >= 0.6 is 11.8 Å². The molecule has 94 valence electrons. The molecule has 17 heavy (non-hydrogen) atoms. The van der Waals surface area contributed by atoms with Crippen molar-refractivity contribution in [2.75, 3.05) is 11.5 Å². The largest absolute Gasteiger partial charge is 0.352 e. The fourth-order valence-electron chi connectivity index (χ4n) is 2.71. The maximum Gasteiger partial charge on any atom is 0.240 e. The maximum atomic E-state index is 12.3. The van der Waals surface area contributed by atoms with Crippen LogP contribution in [-0.4, -0.2) is 23.5 Å². The lowest BCUT2D eigenvalue weighted by Gasteiger charge is -2.32. The molecule has 1 saturated carbocycles. The number of hydrogen-bond acceptors (Lipinski definition) is 3. The zero-order valence-electron chi connectivity index (χ0n) is 10.2. The number of rotatable bonds is 2. The molecule has 1 saturated heterocycles. The monoisotopic (exact) mass is 252 g/mol. The molecule has 0 unspecified atom stereocenters. The van der Waals surface area contributed by atoms with Crippen LogP contribution in [0.2, 0.25) is 0 Å². The Balaban J connectivity index is 1.94. The molecular weight excluding hydrogens is 232 g/mol. The lowest BCUT2D eigenvalue weighted by atomic mass is 9.74. The highest BCUT2D eigenvalue weighted by Crippen LogP contribution is 2.36. The zero-order chi connectivity index (χ0) is 12.1. The minimum absolute atomic E-state index is 0.00315. The van der Waals surface area contributed by atoms with Crippen molar-refractivity contribution >= 4 is 17.7 Å². The summed E-state index contributed by atoms with van der Waals surface area (Å²) in [6, 6.07) is 2.59. The van der Waals surface area contributed by atoms with Crippen LogP contribution in [0.15, 0.2) is 0 Å². The highest BCUT2D eigenvalue weighted by molar-refractivity contribution is 7.99. The molecule has 1 heterocycles. The smallest absolute Gasteiger partial charge is 0.240 e. The van der Waals surface area contributed by atoms with Crippen LogP contribution < -0.4 is 5.32 Å². The van der Waals surface area contributed by atoms with E-state index in [-0.39, 0.29) is 5.91 Å². The molecule has 0 aromatic heterocycles. The Kier molecular flexibility index (Phi) is 4.33. The summed E-state index contributed by atoms with van der Waals surface area (Å²) in [4.78, 5) is 12.3. The molecule has 0 aromatic rings. The molecule has 0 spiro atoms. The van der Waals surface area contributed by atoms with Gasteiger partial charge in [0.05, 0.1) is 6.07 Å². The summed E-state index contributed by atoms with van der Waals surface area (Å²) >= 11 is 1.95. The van der Waals surface area contributed by atoms with Crippen LogP contribution in [0.1, 0.15) is 44.9 Å². The molecule has 1 aliphatic heterocycles. The molecule has 2 fully saturated rings. The van der Waals surface area contributed by atoms with Crippen molar-refractivity contribution < 1.29 is 4.79 Å². The summed E-state index contributed by atoms with van der Waals surface area (Å²) in [5, 5.41) is 12.4. The molecule has 3 nitrogen and oxygen atoms in total. The van der Waals surface area contributed by atoms with E-state index in [0.29, 0.717) is 6.04 Å². The average Bonchev–Trinajstić information content (AvgIpc) is 2.40. The number of nitrogens with zero attached hydrogens (tertiary/aromatic N) is 1. The summed E-state index contributed by atoms with van der Waals surface area (Å²) < 4.78 is 0. The number of carbonyl (C=O) groups is 1. The maximum absolute atomic E-state index is 12.3. The quantitative estimate of drug-likeness (QED) is 0.821. The lowest BCUT2D eigenvalue weighted by Crippen LogP contribution is -2.47. The Labute approximate surface area is 107 Å². The molecule has 1 aliphatic carbocycles. The highest BCUT2D eigenvalue weighted by atomic mass is 32.2. The van der Waals surface area contributed by atoms with Crippen molar-refractivity contribution in [1.29, 1.82) is 5.26 Å². The Morgan fingerprint density at radius 2 is 1.88 bits per heavy atom. The van der Waals surface area contributed by atoms with Gasteiger partial charge in [-0.2, -0.15) is 17.0 Å². The van der Waals surface area contributed by atoms with Crippen LogP contribution in [-0.2, 0) is 4.79 Å². The van der Waals surface area contributed by atoms with Crippen molar-refractivity contribution in [1.82, 2.24) is 5.32 Å². The molecule has 1 amide bonds. The third kappa shape index (κ3) is 2.95.